The molecule has 416 valence electrons. The summed E-state index contributed by atoms with van der Waals surface area (Å²) >= 11 is 6.43. The zero-order valence-corrected chi connectivity index (χ0v) is 48.6. The van der Waals surface area contributed by atoms with Crippen LogP contribution in [0.5, 0.6) is 11.5 Å². The normalized spacial score (nSPS) is 17.3. The fourth-order valence-corrected chi connectivity index (χ4v) is 14.4. The van der Waals surface area contributed by atoms with Gasteiger partial charge < -0.3 is 42.4 Å². The van der Waals surface area contributed by atoms with E-state index >= 15 is 0 Å². The van der Waals surface area contributed by atoms with Crippen molar-refractivity contribution in [1.82, 2.24) is 24.2 Å². The van der Waals surface area contributed by atoms with E-state index in [0.29, 0.717) is 17.1 Å². The number of aromatic nitrogens is 4. The average Bonchev–Trinajstić information content (AvgIpc) is 4.16. The van der Waals surface area contributed by atoms with Crippen LogP contribution in [0.15, 0.2) is 122 Å². The first-order chi connectivity index (χ1) is 37.8. The van der Waals surface area contributed by atoms with Gasteiger partial charge in [-0.3, -0.25) is 13.9 Å². The second kappa shape index (κ2) is 26.8. The SMILES string of the molecule is COc1ccc(C(OC[C@H]2O[C@@H](n3cnc4c(NC(=O)c5ccccc5)ncnc43)[C@H](OP(=S)(OC(C)(C)CC#N)OC(C)(C)CC#N)[C@@H]2OP(OCCC#N)N(C(C)C)C(C)C)(c2ccccc2)c2ccc(OC)cc2)cc1. The first kappa shape index (κ1) is 60.4. The molecule has 3 heterocycles. The van der Waals surface area contributed by atoms with Crippen molar-refractivity contribution in [3.8, 4) is 29.7 Å². The van der Waals surface area contributed by atoms with E-state index in [1.54, 1.807) is 70.7 Å². The quantitative estimate of drug-likeness (QED) is 0.0287. The molecule has 1 fully saturated rings. The predicted molar refractivity (Wildman–Crippen MR) is 302 cm³/mol. The van der Waals surface area contributed by atoms with Crippen LogP contribution in [0, 0.1) is 34.0 Å². The molecule has 5 atom stereocenters. The number of carbonyl (C=O) groups is 1. The molecule has 0 saturated carbocycles. The lowest BCUT2D eigenvalue weighted by Crippen LogP contribution is -2.43. The number of anilines is 1. The van der Waals surface area contributed by atoms with Crippen LogP contribution in [-0.4, -0.2) is 99.1 Å². The molecule has 7 rings (SSSR count). The van der Waals surface area contributed by atoms with Gasteiger partial charge in [-0.15, -0.1) is 0 Å². The zero-order chi connectivity index (χ0) is 57.0. The van der Waals surface area contributed by atoms with Gasteiger partial charge in [-0.1, -0.05) is 72.8 Å². The molecule has 4 aromatic carbocycles. The van der Waals surface area contributed by atoms with E-state index in [2.05, 4.69) is 33.2 Å². The first-order valence-electron chi connectivity index (χ1n) is 25.7. The third kappa shape index (κ3) is 14.6. The van der Waals surface area contributed by atoms with E-state index in [-0.39, 0.29) is 61.5 Å². The van der Waals surface area contributed by atoms with Gasteiger partial charge in [0.15, 0.2) is 23.2 Å². The van der Waals surface area contributed by atoms with Gasteiger partial charge in [0, 0.05) is 17.6 Å². The molecular formula is C57H67N9O10P2S. The highest BCUT2D eigenvalue weighted by molar-refractivity contribution is 8.07. The van der Waals surface area contributed by atoms with Gasteiger partial charge in [0.05, 0.1) is 82.4 Å². The third-order valence-corrected chi connectivity index (χ3v) is 17.4. The standard InChI is InChI=1S/C57H67N9O10P2S/c1-39(2)66(40(3)4)77(71-35-17-32-58)73-49-47(36-70-57(42-20-15-12-16-21-42,43-22-26-45(68-9)27-23-43)44-24-28-46(69-10)29-25-44)72-54(50(49)74-78(79,75-55(5,6)30-33-59)76-56(7,8)31-34-60)65-38-63-48-51(61-37-62-52(48)65)64-53(67)41-18-13-11-14-19-41/h11-16,18-29,37-40,47,49-50,54H,17,30-31,35-36H2,1-10H3,(H,61,62,64,67)/t47-,49-,50-,54-,77?/m1/s1. The van der Waals surface area contributed by atoms with E-state index in [9.17, 15) is 20.6 Å². The fourth-order valence-electron chi connectivity index (χ4n) is 9.15. The van der Waals surface area contributed by atoms with Gasteiger partial charge in [0.25, 0.3) is 14.4 Å². The highest BCUT2D eigenvalue weighted by Gasteiger charge is 2.55. The molecule has 0 bridgehead atoms. The minimum Gasteiger partial charge on any atom is -0.497 e. The molecule has 6 aromatic rings. The largest absolute Gasteiger partial charge is 0.497 e. The van der Waals surface area contributed by atoms with Crippen LogP contribution in [0.4, 0.5) is 5.82 Å². The van der Waals surface area contributed by atoms with Gasteiger partial charge in [-0.05, 0) is 120 Å². The molecule has 22 heteroatoms. The molecule has 1 N–H and O–H groups in total. The Kier molecular flexibility index (Phi) is 20.5. The molecule has 0 radical (unpaired) electrons. The molecule has 79 heavy (non-hydrogen) atoms. The second-order valence-electron chi connectivity index (χ2n) is 20.3. The Morgan fingerprint density at radius 1 is 0.772 bits per heavy atom. The summed E-state index contributed by atoms with van der Waals surface area (Å²) in [5.41, 5.74) is -0.684. The number of rotatable bonds is 27. The minimum absolute atomic E-state index is 0.0311. The number of nitrogens with zero attached hydrogens (tertiary/aromatic N) is 8. The van der Waals surface area contributed by atoms with E-state index in [1.807, 2.05) is 113 Å². The number of nitrogens with one attached hydrogen (secondary N) is 1. The van der Waals surface area contributed by atoms with E-state index < -0.39 is 62.5 Å². The Morgan fingerprint density at radius 2 is 1.32 bits per heavy atom. The predicted octanol–water partition coefficient (Wildman–Crippen LogP) is 11.7. The highest BCUT2D eigenvalue weighted by atomic mass is 32.5. The number of amides is 1. The van der Waals surface area contributed by atoms with Crippen LogP contribution in [0.25, 0.3) is 11.2 Å². The molecule has 1 amide bonds. The topological polar surface area (TPSA) is 230 Å². The van der Waals surface area contributed by atoms with Gasteiger partial charge in [0.1, 0.15) is 41.7 Å². The first-order valence-corrected chi connectivity index (χ1v) is 29.4. The maximum Gasteiger partial charge on any atom is 0.328 e. The summed E-state index contributed by atoms with van der Waals surface area (Å²) < 4.78 is 64.5. The van der Waals surface area contributed by atoms with Crippen molar-refractivity contribution in [2.75, 3.05) is 32.8 Å². The number of fused-ring (bicyclic) bond motifs is 1. The lowest BCUT2D eigenvalue weighted by molar-refractivity contribution is -0.0931. The number of hydrogen-bond donors (Lipinski definition) is 1. The fraction of sp³-hybridized carbons (Fsp3) is 0.421. The van der Waals surface area contributed by atoms with Crippen LogP contribution in [0.3, 0.4) is 0 Å². The van der Waals surface area contributed by atoms with Crippen molar-refractivity contribution < 1.29 is 46.4 Å². The second-order valence-corrected chi connectivity index (χ2v) is 24.5. The molecular weight excluding hydrogens is 1060 g/mol. The van der Waals surface area contributed by atoms with Crippen molar-refractivity contribution >= 4 is 49.9 Å². The summed E-state index contributed by atoms with van der Waals surface area (Å²) in [6.45, 7) is 10.6. The summed E-state index contributed by atoms with van der Waals surface area (Å²) in [6.07, 6.45) is -2.19. The van der Waals surface area contributed by atoms with Gasteiger partial charge >= 0.3 is 6.72 Å². The third-order valence-electron chi connectivity index (χ3n) is 12.7. The van der Waals surface area contributed by atoms with Gasteiger partial charge in [0.2, 0.25) is 0 Å². The van der Waals surface area contributed by atoms with Crippen molar-refractivity contribution in [2.45, 2.75) is 128 Å². The average molecular weight is 1130 g/mol. The summed E-state index contributed by atoms with van der Waals surface area (Å²) in [5.74, 6) is 0.973. The Morgan fingerprint density at radius 3 is 1.84 bits per heavy atom. The van der Waals surface area contributed by atoms with Crippen LogP contribution in [0.2, 0.25) is 0 Å². The molecule has 0 spiro atoms. The minimum atomic E-state index is -4.15. The number of carbonyl (C=O) groups excluding carboxylic acids is 1. The Labute approximate surface area is 468 Å². The molecule has 1 saturated heterocycles. The van der Waals surface area contributed by atoms with Crippen LogP contribution in [-0.2, 0) is 49.5 Å². The van der Waals surface area contributed by atoms with Crippen molar-refractivity contribution in [1.29, 1.82) is 15.8 Å². The van der Waals surface area contributed by atoms with Crippen molar-refractivity contribution in [2.24, 2.45) is 0 Å². The van der Waals surface area contributed by atoms with Crippen LogP contribution < -0.4 is 14.8 Å². The van der Waals surface area contributed by atoms with Crippen molar-refractivity contribution in [3.63, 3.8) is 0 Å². The monoisotopic (exact) mass is 1130 g/mol. The maximum absolute atomic E-state index is 13.6. The van der Waals surface area contributed by atoms with Crippen LogP contribution in [0.1, 0.15) is 108 Å². The van der Waals surface area contributed by atoms with Gasteiger partial charge in [-0.2, -0.15) is 15.8 Å². The Hall–Kier alpha value is -6.27. The zero-order valence-electron chi connectivity index (χ0n) is 46.0. The number of benzene rings is 4. The highest BCUT2D eigenvalue weighted by Crippen LogP contribution is 2.61. The number of nitriles is 3. The van der Waals surface area contributed by atoms with E-state index in [1.165, 1.54) is 12.7 Å². The number of ether oxygens (including phenoxy) is 4. The molecule has 0 aliphatic carbocycles. The summed E-state index contributed by atoms with van der Waals surface area (Å²) in [6, 6.07) is 40.0. The summed E-state index contributed by atoms with van der Waals surface area (Å²) in [7, 11) is 1.14. The lowest BCUT2D eigenvalue weighted by Gasteiger charge is -2.41. The molecule has 1 aliphatic rings. The molecule has 1 unspecified atom stereocenters. The van der Waals surface area contributed by atoms with Crippen LogP contribution >= 0.6 is 15.2 Å². The summed E-state index contributed by atoms with van der Waals surface area (Å²) in [4.78, 5) is 27.5. The van der Waals surface area contributed by atoms with E-state index in [0.717, 1.165) is 16.7 Å². The number of methoxy groups -OCH3 is 2. The van der Waals surface area contributed by atoms with E-state index in [4.69, 9.17) is 63.3 Å². The molecule has 19 nitrogen and oxygen atoms in total. The Bertz CT molecular complexity index is 3060. The smallest absolute Gasteiger partial charge is 0.328 e. The number of imidazole rings is 1. The summed E-state index contributed by atoms with van der Waals surface area (Å²) in [5, 5.41) is 32.7. The molecule has 2 aromatic heterocycles. The number of hydrogen-bond acceptors (Lipinski definition) is 18. The Balaban J connectivity index is 1.47. The molecule has 1 aliphatic heterocycles. The van der Waals surface area contributed by atoms with Crippen molar-refractivity contribution in [3.05, 3.63) is 144 Å². The van der Waals surface area contributed by atoms with Gasteiger partial charge in [-0.25, -0.2) is 19.6 Å². The lowest BCUT2D eigenvalue weighted by atomic mass is 9.80. The maximum atomic E-state index is 13.6.